The molecule has 1 fully saturated rings. The molecular formula is C17H21NO2. The maximum absolute atomic E-state index is 10.1. The highest BCUT2D eigenvalue weighted by Crippen LogP contribution is 2.29. The van der Waals surface area contributed by atoms with Crippen molar-refractivity contribution in [1.29, 1.82) is 0 Å². The molecule has 2 aromatic rings. The van der Waals surface area contributed by atoms with Crippen molar-refractivity contribution < 1.29 is 9.84 Å². The number of hydrogen-bond acceptors (Lipinski definition) is 3. The standard InChI is InChI=1S/C17H21NO2/c19-14(11-13-5-1-2-6-13)12-20-17-9-3-8-16-15(17)7-4-10-18-16/h3-4,7-10,13-14,19H,1-2,5-6,11-12H2. The lowest BCUT2D eigenvalue weighted by Gasteiger charge is -2.16. The van der Waals surface area contributed by atoms with E-state index >= 15 is 0 Å². The highest BCUT2D eigenvalue weighted by Gasteiger charge is 2.19. The molecule has 1 unspecified atom stereocenters. The van der Waals surface area contributed by atoms with Crippen LogP contribution in [0.4, 0.5) is 0 Å². The van der Waals surface area contributed by atoms with Crippen LogP contribution in [0.3, 0.4) is 0 Å². The molecule has 0 amide bonds. The first-order chi connectivity index (χ1) is 9.83. The van der Waals surface area contributed by atoms with Gasteiger partial charge in [0, 0.05) is 11.6 Å². The average Bonchev–Trinajstić information content (AvgIpc) is 2.98. The van der Waals surface area contributed by atoms with Crippen molar-refractivity contribution in [2.75, 3.05) is 6.61 Å². The van der Waals surface area contributed by atoms with E-state index in [1.807, 2.05) is 30.3 Å². The van der Waals surface area contributed by atoms with Gasteiger partial charge in [-0.15, -0.1) is 0 Å². The fraction of sp³-hybridized carbons (Fsp3) is 0.471. The average molecular weight is 271 g/mol. The smallest absolute Gasteiger partial charge is 0.128 e. The summed E-state index contributed by atoms with van der Waals surface area (Å²) in [6, 6.07) is 9.75. The molecule has 1 heterocycles. The van der Waals surface area contributed by atoms with E-state index in [2.05, 4.69) is 4.98 Å². The molecule has 1 N–H and O–H groups in total. The minimum Gasteiger partial charge on any atom is -0.490 e. The molecule has 3 rings (SSSR count). The Labute approximate surface area is 119 Å². The minimum atomic E-state index is -0.370. The van der Waals surface area contributed by atoms with Gasteiger partial charge in [-0.05, 0) is 36.6 Å². The normalized spacial score (nSPS) is 17.4. The SMILES string of the molecule is OC(COc1cccc2ncccc12)CC1CCCC1. The third-order valence-corrected chi connectivity index (χ3v) is 4.12. The van der Waals surface area contributed by atoms with Gasteiger partial charge in [-0.3, -0.25) is 4.98 Å². The predicted molar refractivity (Wildman–Crippen MR) is 79.8 cm³/mol. The molecule has 0 aliphatic heterocycles. The van der Waals surface area contributed by atoms with Crippen molar-refractivity contribution in [2.24, 2.45) is 5.92 Å². The summed E-state index contributed by atoms with van der Waals surface area (Å²) in [5.74, 6) is 1.49. The van der Waals surface area contributed by atoms with Gasteiger partial charge in [0.1, 0.15) is 12.4 Å². The van der Waals surface area contributed by atoms with Gasteiger partial charge >= 0.3 is 0 Å². The molecule has 3 heteroatoms. The van der Waals surface area contributed by atoms with Crippen LogP contribution in [0, 0.1) is 5.92 Å². The molecule has 3 nitrogen and oxygen atoms in total. The molecule has 0 radical (unpaired) electrons. The van der Waals surface area contributed by atoms with Crippen LogP contribution >= 0.6 is 0 Å². The molecule has 0 spiro atoms. The first-order valence-corrected chi connectivity index (χ1v) is 7.47. The lowest BCUT2D eigenvalue weighted by Crippen LogP contribution is -2.20. The van der Waals surface area contributed by atoms with Gasteiger partial charge in [0.15, 0.2) is 0 Å². The molecule has 1 atom stereocenters. The zero-order valence-corrected chi connectivity index (χ0v) is 11.7. The Balaban J connectivity index is 1.61. The van der Waals surface area contributed by atoms with E-state index in [9.17, 15) is 5.11 Å². The van der Waals surface area contributed by atoms with Crippen molar-refractivity contribution in [2.45, 2.75) is 38.2 Å². The van der Waals surface area contributed by atoms with Crippen LogP contribution in [0.15, 0.2) is 36.5 Å². The molecule has 1 aliphatic carbocycles. The van der Waals surface area contributed by atoms with Gasteiger partial charge in [0.25, 0.3) is 0 Å². The Morgan fingerprint density at radius 3 is 2.90 bits per heavy atom. The molecule has 1 aromatic carbocycles. The van der Waals surface area contributed by atoms with Crippen LogP contribution in [0.1, 0.15) is 32.1 Å². The third kappa shape index (κ3) is 3.10. The van der Waals surface area contributed by atoms with Crippen molar-refractivity contribution >= 4 is 10.9 Å². The van der Waals surface area contributed by atoms with Crippen molar-refractivity contribution in [3.63, 3.8) is 0 Å². The number of pyridine rings is 1. The molecule has 20 heavy (non-hydrogen) atoms. The summed E-state index contributed by atoms with van der Waals surface area (Å²) in [5, 5.41) is 11.1. The lowest BCUT2D eigenvalue weighted by atomic mass is 10.0. The highest BCUT2D eigenvalue weighted by atomic mass is 16.5. The van der Waals surface area contributed by atoms with Gasteiger partial charge in [-0.25, -0.2) is 0 Å². The molecule has 0 bridgehead atoms. The van der Waals surface area contributed by atoms with E-state index in [4.69, 9.17) is 4.74 Å². The number of benzene rings is 1. The van der Waals surface area contributed by atoms with Gasteiger partial charge in [0.05, 0.1) is 11.6 Å². The van der Waals surface area contributed by atoms with Crippen LogP contribution < -0.4 is 4.74 Å². The van der Waals surface area contributed by atoms with Crippen molar-refractivity contribution in [3.8, 4) is 5.75 Å². The maximum Gasteiger partial charge on any atom is 0.128 e. The van der Waals surface area contributed by atoms with Crippen LogP contribution in [0.25, 0.3) is 10.9 Å². The summed E-state index contributed by atoms with van der Waals surface area (Å²) in [6.45, 7) is 0.366. The molecule has 1 aliphatic rings. The summed E-state index contributed by atoms with van der Waals surface area (Å²) in [7, 11) is 0. The molecule has 1 aromatic heterocycles. The fourth-order valence-corrected chi connectivity index (χ4v) is 3.09. The summed E-state index contributed by atoms with van der Waals surface area (Å²) in [4.78, 5) is 4.31. The van der Waals surface area contributed by atoms with Gasteiger partial charge in [-0.1, -0.05) is 31.7 Å². The molecule has 0 saturated heterocycles. The van der Waals surface area contributed by atoms with Gasteiger partial charge < -0.3 is 9.84 Å². The maximum atomic E-state index is 10.1. The topological polar surface area (TPSA) is 42.4 Å². The van der Waals surface area contributed by atoms with E-state index in [0.29, 0.717) is 12.5 Å². The Morgan fingerprint density at radius 1 is 1.20 bits per heavy atom. The second kappa shape index (κ2) is 6.23. The highest BCUT2D eigenvalue weighted by molar-refractivity contribution is 5.84. The number of aromatic nitrogens is 1. The summed E-state index contributed by atoms with van der Waals surface area (Å²) >= 11 is 0. The number of aliphatic hydroxyl groups is 1. The summed E-state index contributed by atoms with van der Waals surface area (Å²) in [5.41, 5.74) is 0.926. The van der Waals surface area contributed by atoms with Crippen LogP contribution in [-0.4, -0.2) is 22.8 Å². The quantitative estimate of drug-likeness (QED) is 0.904. The number of rotatable bonds is 5. The lowest BCUT2D eigenvalue weighted by molar-refractivity contribution is 0.0862. The molecular weight excluding hydrogens is 250 g/mol. The molecule has 106 valence electrons. The second-order valence-electron chi connectivity index (χ2n) is 5.68. The first kappa shape index (κ1) is 13.4. The zero-order chi connectivity index (χ0) is 13.8. The Kier molecular flexibility index (Phi) is 4.16. The van der Waals surface area contributed by atoms with Crippen LogP contribution in [0.5, 0.6) is 5.75 Å². The number of fused-ring (bicyclic) bond motifs is 1. The number of nitrogens with zero attached hydrogens (tertiary/aromatic N) is 1. The second-order valence-corrected chi connectivity index (χ2v) is 5.68. The monoisotopic (exact) mass is 271 g/mol. The zero-order valence-electron chi connectivity index (χ0n) is 11.7. The summed E-state index contributed by atoms with van der Waals surface area (Å²) in [6.07, 6.45) is 7.42. The van der Waals surface area contributed by atoms with Crippen LogP contribution in [-0.2, 0) is 0 Å². The largest absolute Gasteiger partial charge is 0.490 e. The Bertz CT molecular complexity index is 558. The van der Waals surface area contributed by atoms with E-state index in [0.717, 1.165) is 23.1 Å². The van der Waals surface area contributed by atoms with E-state index in [-0.39, 0.29) is 6.10 Å². The van der Waals surface area contributed by atoms with Crippen LogP contribution in [0.2, 0.25) is 0 Å². The van der Waals surface area contributed by atoms with Gasteiger partial charge in [-0.2, -0.15) is 0 Å². The van der Waals surface area contributed by atoms with Crippen molar-refractivity contribution in [1.82, 2.24) is 4.98 Å². The Hall–Kier alpha value is -1.61. The number of ether oxygens (including phenoxy) is 1. The number of hydrogen-bond donors (Lipinski definition) is 1. The first-order valence-electron chi connectivity index (χ1n) is 7.47. The predicted octanol–water partition coefficient (Wildman–Crippen LogP) is 3.55. The Morgan fingerprint density at radius 2 is 2.05 bits per heavy atom. The third-order valence-electron chi connectivity index (χ3n) is 4.12. The minimum absolute atomic E-state index is 0.366. The summed E-state index contributed by atoms with van der Waals surface area (Å²) < 4.78 is 5.80. The van der Waals surface area contributed by atoms with Gasteiger partial charge in [0.2, 0.25) is 0 Å². The van der Waals surface area contributed by atoms with Crippen molar-refractivity contribution in [3.05, 3.63) is 36.5 Å². The van der Waals surface area contributed by atoms with E-state index in [1.165, 1.54) is 25.7 Å². The fourth-order valence-electron chi connectivity index (χ4n) is 3.09. The molecule has 1 saturated carbocycles. The number of aliphatic hydroxyl groups excluding tert-OH is 1. The van der Waals surface area contributed by atoms with E-state index in [1.54, 1.807) is 6.20 Å². The van der Waals surface area contributed by atoms with E-state index < -0.39 is 0 Å².